The highest BCUT2D eigenvalue weighted by molar-refractivity contribution is 7.07. The monoisotopic (exact) mass is 538 g/mol. The topological polar surface area (TPSA) is 107 Å². The molecule has 2 heterocycles. The van der Waals surface area contributed by atoms with Gasteiger partial charge in [-0.25, -0.2) is 0 Å². The average molecular weight is 539 g/mol. The maximum absolute atomic E-state index is 13.6. The number of nitrogens with zero attached hydrogens (tertiary/aromatic N) is 4. The van der Waals surface area contributed by atoms with Crippen molar-refractivity contribution in [3.8, 4) is 11.5 Å². The molecule has 0 aliphatic heterocycles. The molecule has 0 unspecified atom stereocenters. The van der Waals surface area contributed by atoms with Crippen LogP contribution in [0, 0.1) is 6.92 Å². The molecule has 196 valence electrons. The van der Waals surface area contributed by atoms with Crippen molar-refractivity contribution in [2.45, 2.75) is 20.0 Å². The summed E-state index contributed by atoms with van der Waals surface area (Å²) >= 11 is 1.52. The van der Waals surface area contributed by atoms with Crippen LogP contribution in [0.3, 0.4) is 0 Å². The first-order valence-electron chi connectivity index (χ1n) is 12.2. The minimum Gasteiger partial charge on any atom is -0.508 e. The molecule has 9 heteroatoms. The number of benzene rings is 3. The lowest BCUT2D eigenvalue weighted by Gasteiger charge is -2.24. The molecule has 5 rings (SSSR count). The first-order chi connectivity index (χ1) is 18.8. The highest BCUT2D eigenvalue weighted by Crippen LogP contribution is 2.30. The third kappa shape index (κ3) is 5.58. The largest absolute Gasteiger partial charge is 0.508 e. The third-order valence-corrected chi connectivity index (χ3v) is 7.17. The van der Waals surface area contributed by atoms with Crippen LogP contribution in [0.5, 0.6) is 11.5 Å². The van der Waals surface area contributed by atoms with E-state index in [0.717, 1.165) is 22.2 Å². The Hall–Kier alpha value is -4.76. The Labute approximate surface area is 229 Å². The Kier molecular flexibility index (Phi) is 7.25. The predicted molar refractivity (Wildman–Crippen MR) is 151 cm³/mol. The minimum absolute atomic E-state index is 0.0838. The zero-order valence-electron chi connectivity index (χ0n) is 21.4. The van der Waals surface area contributed by atoms with Gasteiger partial charge in [0.2, 0.25) is 0 Å². The van der Waals surface area contributed by atoms with Crippen LogP contribution >= 0.6 is 11.3 Å². The fourth-order valence-electron chi connectivity index (χ4n) is 4.30. The molecule has 2 amide bonds. The number of carbonyl (C=O) groups excluding carboxylic acids is 2. The van der Waals surface area contributed by atoms with E-state index in [1.165, 1.54) is 23.5 Å². The van der Waals surface area contributed by atoms with E-state index in [1.807, 2.05) is 35.0 Å². The molecule has 0 saturated heterocycles. The molecule has 39 heavy (non-hydrogen) atoms. The van der Waals surface area contributed by atoms with Crippen molar-refractivity contribution in [1.82, 2.24) is 14.9 Å². The second-order valence-corrected chi connectivity index (χ2v) is 10.0. The number of phenols is 2. The van der Waals surface area contributed by atoms with E-state index in [-0.39, 0.29) is 29.5 Å². The molecule has 0 spiro atoms. The molecule has 8 nitrogen and oxygen atoms in total. The van der Waals surface area contributed by atoms with Crippen LogP contribution in [0.2, 0.25) is 0 Å². The van der Waals surface area contributed by atoms with Crippen LogP contribution in [-0.2, 0) is 13.1 Å². The SMILES string of the molecule is Cc1cc(C(=O)N(Cc2ccsc2)c2ccc(C(=O)N(C)Cc3ccc4nccnc4c3)cc2)c(O)cc1O. The standard InChI is InChI=1S/C30H26N4O4S/c1-19-13-24(28(36)15-27(19)35)30(38)34(17-21-9-12-39-18-21)23-6-4-22(5-7-23)29(37)33(2)16-20-3-8-25-26(14-20)32-11-10-31-25/h3-15,18,35-36H,16-17H2,1-2H3. The molecule has 2 aromatic heterocycles. The van der Waals surface area contributed by atoms with Gasteiger partial charge in [-0.1, -0.05) is 6.07 Å². The van der Waals surface area contributed by atoms with E-state index in [4.69, 9.17) is 0 Å². The number of carbonyl (C=O) groups is 2. The number of hydrogen-bond donors (Lipinski definition) is 2. The quantitative estimate of drug-likeness (QED) is 0.282. The molecule has 3 aromatic carbocycles. The minimum atomic E-state index is -0.419. The summed E-state index contributed by atoms with van der Waals surface area (Å²) in [5.41, 5.74) is 5.05. The zero-order chi connectivity index (χ0) is 27.5. The first-order valence-corrected chi connectivity index (χ1v) is 13.1. The van der Waals surface area contributed by atoms with Gasteiger partial charge in [0.05, 0.1) is 23.1 Å². The Bertz CT molecular complexity index is 1650. The number of amides is 2. The van der Waals surface area contributed by atoms with Gasteiger partial charge >= 0.3 is 0 Å². The Morgan fingerprint density at radius 3 is 2.28 bits per heavy atom. The smallest absolute Gasteiger partial charge is 0.262 e. The number of thiophene rings is 1. The molecule has 0 radical (unpaired) electrons. The van der Waals surface area contributed by atoms with E-state index in [0.29, 0.717) is 23.4 Å². The van der Waals surface area contributed by atoms with Crippen LogP contribution in [0.25, 0.3) is 11.0 Å². The number of aromatic nitrogens is 2. The number of fused-ring (bicyclic) bond motifs is 1. The number of anilines is 1. The lowest BCUT2D eigenvalue weighted by Crippen LogP contribution is -2.30. The van der Waals surface area contributed by atoms with E-state index in [2.05, 4.69) is 9.97 Å². The first kappa shape index (κ1) is 25.9. The number of phenolic OH excluding ortho intramolecular Hbond substituents is 2. The molecule has 0 saturated carbocycles. The summed E-state index contributed by atoms with van der Waals surface area (Å²) in [5.74, 6) is -0.968. The Morgan fingerprint density at radius 2 is 1.56 bits per heavy atom. The summed E-state index contributed by atoms with van der Waals surface area (Å²) in [5, 5.41) is 24.2. The fourth-order valence-corrected chi connectivity index (χ4v) is 4.96. The van der Waals surface area contributed by atoms with Gasteiger partial charge in [-0.15, -0.1) is 0 Å². The highest BCUT2D eigenvalue weighted by Gasteiger charge is 2.23. The van der Waals surface area contributed by atoms with Gasteiger partial charge in [-0.3, -0.25) is 19.6 Å². The van der Waals surface area contributed by atoms with Crippen LogP contribution in [-0.4, -0.2) is 43.9 Å². The second-order valence-electron chi connectivity index (χ2n) is 9.27. The van der Waals surface area contributed by atoms with Gasteiger partial charge < -0.3 is 20.0 Å². The molecule has 5 aromatic rings. The molecular weight excluding hydrogens is 512 g/mol. The summed E-state index contributed by atoms with van der Waals surface area (Å²) in [6.07, 6.45) is 3.28. The lowest BCUT2D eigenvalue weighted by molar-refractivity contribution is 0.0785. The van der Waals surface area contributed by atoms with Crippen LogP contribution in [0.1, 0.15) is 37.4 Å². The molecule has 0 bridgehead atoms. The maximum atomic E-state index is 13.6. The van der Waals surface area contributed by atoms with E-state index < -0.39 is 5.91 Å². The molecule has 0 aliphatic carbocycles. The summed E-state index contributed by atoms with van der Waals surface area (Å²) in [6, 6.07) is 17.1. The number of hydrogen-bond acceptors (Lipinski definition) is 7. The average Bonchev–Trinajstić information content (AvgIpc) is 3.46. The maximum Gasteiger partial charge on any atom is 0.262 e. The summed E-state index contributed by atoms with van der Waals surface area (Å²) in [6.45, 7) is 2.34. The molecule has 0 aliphatic rings. The van der Waals surface area contributed by atoms with Crippen molar-refractivity contribution in [2.24, 2.45) is 0 Å². The summed E-state index contributed by atoms with van der Waals surface area (Å²) < 4.78 is 0. The number of aromatic hydroxyl groups is 2. The van der Waals surface area contributed by atoms with E-state index in [9.17, 15) is 19.8 Å². The van der Waals surface area contributed by atoms with E-state index >= 15 is 0 Å². The Morgan fingerprint density at radius 1 is 0.821 bits per heavy atom. The van der Waals surface area contributed by atoms with Gasteiger partial charge in [0.25, 0.3) is 11.8 Å². The second kappa shape index (κ2) is 10.9. The third-order valence-electron chi connectivity index (χ3n) is 6.44. The fraction of sp³-hybridized carbons (Fsp3) is 0.133. The van der Waals surface area contributed by atoms with Crippen molar-refractivity contribution in [3.63, 3.8) is 0 Å². The molecule has 0 fully saturated rings. The molecular formula is C30H26N4O4S. The van der Waals surface area contributed by atoms with Crippen molar-refractivity contribution in [3.05, 3.63) is 112 Å². The predicted octanol–water partition coefficient (Wildman–Crippen LogP) is 5.53. The van der Waals surface area contributed by atoms with Gasteiger partial charge in [-0.05, 0) is 82.9 Å². The molecule has 0 atom stereocenters. The summed E-state index contributed by atoms with van der Waals surface area (Å²) in [7, 11) is 1.74. The number of aryl methyl sites for hydroxylation is 1. The molecule has 2 N–H and O–H groups in total. The van der Waals surface area contributed by atoms with Gasteiger partial charge in [0, 0.05) is 43.3 Å². The van der Waals surface area contributed by atoms with E-state index in [1.54, 1.807) is 60.4 Å². The lowest BCUT2D eigenvalue weighted by atomic mass is 10.1. The highest BCUT2D eigenvalue weighted by atomic mass is 32.1. The van der Waals surface area contributed by atoms with Crippen molar-refractivity contribution >= 4 is 39.9 Å². The van der Waals surface area contributed by atoms with Gasteiger partial charge in [-0.2, -0.15) is 11.3 Å². The van der Waals surface area contributed by atoms with Crippen LogP contribution in [0.15, 0.2) is 83.8 Å². The van der Waals surface area contributed by atoms with Gasteiger partial charge in [0.1, 0.15) is 11.5 Å². The van der Waals surface area contributed by atoms with Gasteiger partial charge in [0.15, 0.2) is 0 Å². The van der Waals surface area contributed by atoms with Crippen LogP contribution < -0.4 is 4.90 Å². The van der Waals surface area contributed by atoms with Crippen molar-refractivity contribution < 1.29 is 19.8 Å². The van der Waals surface area contributed by atoms with Crippen molar-refractivity contribution in [2.75, 3.05) is 11.9 Å². The van der Waals surface area contributed by atoms with Crippen LogP contribution in [0.4, 0.5) is 5.69 Å². The van der Waals surface area contributed by atoms with Crippen molar-refractivity contribution in [1.29, 1.82) is 0 Å². The number of rotatable bonds is 7. The summed E-state index contributed by atoms with van der Waals surface area (Å²) in [4.78, 5) is 38.5. The normalized spacial score (nSPS) is 10.9. The Balaban J connectivity index is 1.38. The zero-order valence-corrected chi connectivity index (χ0v) is 22.2.